The highest BCUT2D eigenvalue weighted by atomic mass is 35.5. The number of hydrogen-bond acceptors (Lipinski definition) is 6. The van der Waals surface area contributed by atoms with Crippen LogP contribution in [0.1, 0.15) is 19.0 Å². The van der Waals surface area contributed by atoms with Crippen molar-refractivity contribution in [3.63, 3.8) is 0 Å². The molecule has 3 rings (SSSR count). The van der Waals surface area contributed by atoms with Crippen molar-refractivity contribution in [3.8, 4) is 0 Å². The van der Waals surface area contributed by atoms with Crippen LogP contribution in [0.15, 0.2) is 34.2 Å². The molecule has 10 heteroatoms. The van der Waals surface area contributed by atoms with Crippen molar-refractivity contribution in [3.05, 3.63) is 45.3 Å². The minimum absolute atomic E-state index is 0.105. The predicted molar refractivity (Wildman–Crippen MR) is 119 cm³/mol. The van der Waals surface area contributed by atoms with Crippen molar-refractivity contribution in [1.82, 2.24) is 19.3 Å². The van der Waals surface area contributed by atoms with E-state index in [1.54, 1.807) is 40.6 Å². The molecule has 0 spiro atoms. The number of fused-ring (bicyclic) bond motifs is 1. The molecule has 1 amide bonds. The van der Waals surface area contributed by atoms with E-state index in [9.17, 15) is 9.59 Å². The van der Waals surface area contributed by atoms with E-state index < -0.39 is 0 Å². The largest absolute Gasteiger partial charge is 0.382 e. The van der Waals surface area contributed by atoms with Gasteiger partial charge in [-0.3, -0.25) is 18.8 Å². The van der Waals surface area contributed by atoms with Gasteiger partial charge in [0.25, 0.3) is 5.56 Å². The molecule has 8 nitrogen and oxygen atoms in total. The molecule has 1 aromatic carbocycles. The lowest BCUT2D eigenvalue weighted by Gasteiger charge is -2.13. The van der Waals surface area contributed by atoms with Crippen molar-refractivity contribution in [2.75, 3.05) is 24.3 Å². The summed E-state index contributed by atoms with van der Waals surface area (Å²) in [5.41, 5.74) is 1.17. The summed E-state index contributed by atoms with van der Waals surface area (Å²) in [6.07, 6.45) is 0.669. The minimum atomic E-state index is -0.204. The molecule has 30 heavy (non-hydrogen) atoms. The van der Waals surface area contributed by atoms with Gasteiger partial charge in [-0.05, 0) is 38.5 Å². The molecule has 0 aliphatic rings. The fourth-order valence-electron chi connectivity index (χ4n) is 2.99. The van der Waals surface area contributed by atoms with Crippen LogP contribution < -0.4 is 10.9 Å². The average molecular weight is 450 g/mol. The number of thioether (sulfide) groups is 1. The maximum atomic E-state index is 13.0. The van der Waals surface area contributed by atoms with E-state index in [4.69, 9.17) is 16.3 Å². The van der Waals surface area contributed by atoms with Gasteiger partial charge in [-0.15, -0.1) is 0 Å². The Morgan fingerprint density at radius 3 is 2.83 bits per heavy atom. The molecule has 160 valence electrons. The Bertz CT molecular complexity index is 1110. The van der Waals surface area contributed by atoms with Crippen molar-refractivity contribution in [1.29, 1.82) is 0 Å². The zero-order chi connectivity index (χ0) is 21.7. The normalized spacial score (nSPS) is 11.2. The number of aryl methyl sites for hydroxylation is 2. The van der Waals surface area contributed by atoms with Crippen LogP contribution in [0, 0.1) is 6.92 Å². The predicted octanol–water partition coefficient (Wildman–Crippen LogP) is 3.25. The lowest BCUT2D eigenvalue weighted by atomic mass is 10.2. The molecule has 0 radical (unpaired) electrons. The number of ether oxygens (including phenoxy) is 1. The van der Waals surface area contributed by atoms with Crippen LogP contribution >= 0.6 is 23.4 Å². The standard InChI is InChI=1S/C20H24ClN5O3S/c1-4-29-9-5-8-26-19(28)15-7-6-14(21)11-16(15)22-20(26)30-12-18(27)23-17-10-13(2)24-25(17)3/h6-7,10-11H,4-5,8-9,12H2,1-3H3,(H,23,27). The average Bonchev–Trinajstić information content (AvgIpc) is 3.01. The molecule has 2 heterocycles. The second-order valence-corrected chi connectivity index (χ2v) is 8.07. The van der Waals surface area contributed by atoms with Crippen LogP contribution in [0.2, 0.25) is 5.02 Å². The fraction of sp³-hybridized carbons (Fsp3) is 0.400. The van der Waals surface area contributed by atoms with Gasteiger partial charge in [0.15, 0.2) is 5.16 Å². The lowest BCUT2D eigenvalue weighted by Crippen LogP contribution is -2.25. The lowest BCUT2D eigenvalue weighted by molar-refractivity contribution is -0.113. The van der Waals surface area contributed by atoms with E-state index in [-0.39, 0.29) is 17.2 Å². The highest BCUT2D eigenvalue weighted by molar-refractivity contribution is 7.99. The second kappa shape index (κ2) is 10.1. The molecule has 3 aromatic rings. The molecular weight excluding hydrogens is 426 g/mol. The Morgan fingerprint density at radius 1 is 1.33 bits per heavy atom. The SMILES string of the molecule is CCOCCCn1c(SCC(=O)Nc2cc(C)nn2C)nc2cc(Cl)ccc2c1=O. The molecule has 0 unspecified atom stereocenters. The van der Waals surface area contributed by atoms with Crippen LogP contribution in [-0.2, 0) is 23.1 Å². The van der Waals surface area contributed by atoms with Crippen molar-refractivity contribution in [2.24, 2.45) is 7.05 Å². The van der Waals surface area contributed by atoms with Gasteiger partial charge in [0, 0.05) is 37.9 Å². The maximum absolute atomic E-state index is 13.0. The zero-order valence-electron chi connectivity index (χ0n) is 17.1. The number of anilines is 1. The van der Waals surface area contributed by atoms with Gasteiger partial charge in [-0.2, -0.15) is 5.10 Å². The van der Waals surface area contributed by atoms with Gasteiger partial charge in [0.1, 0.15) is 5.82 Å². The Kier molecular flexibility index (Phi) is 7.52. The van der Waals surface area contributed by atoms with Gasteiger partial charge in [0.05, 0.1) is 22.3 Å². The molecule has 0 saturated carbocycles. The molecule has 0 atom stereocenters. The van der Waals surface area contributed by atoms with E-state index in [0.717, 1.165) is 5.69 Å². The van der Waals surface area contributed by atoms with Crippen LogP contribution in [0.4, 0.5) is 5.82 Å². The van der Waals surface area contributed by atoms with Crippen LogP contribution in [0.5, 0.6) is 0 Å². The molecular formula is C20H24ClN5O3S. The quantitative estimate of drug-likeness (QED) is 0.306. The molecule has 0 bridgehead atoms. The van der Waals surface area contributed by atoms with E-state index >= 15 is 0 Å². The maximum Gasteiger partial charge on any atom is 0.262 e. The number of rotatable bonds is 9. The fourth-order valence-corrected chi connectivity index (χ4v) is 3.98. The first-order valence-corrected chi connectivity index (χ1v) is 11.0. The van der Waals surface area contributed by atoms with Crippen molar-refractivity contribution < 1.29 is 9.53 Å². The Labute approximate surface area is 183 Å². The van der Waals surface area contributed by atoms with Gasteiger partial charge < -0.3 is 10.1 Å². The number of nitrogens with zero attached hydrogens (tertiary/aromatic N) is 4. The monoisotopic (exact) mass is 449 g/mol. The third kappa shape index (κ3) is 5.41. The number of aromatic nitrogens is 4. The Balaban J connectivity index is 1.81. The second-order valence-electron chi connectivity index (χ2n) is 6.69. The van der Waals surface area contributed by atoms with E-state index in [0.29, 0.717) is 53.1 Å². The molecule has 0 saturated heterocycles. The summed E-state index contributed by atoms with van der Waals surface area (Å²) in [5.74, 6) is 0.517. The number of amides is 1. The van der Waals surface area contributed by atoms with Gasteiger partial charge in [-0.1, -0.05) is 23.4 Å². The molecule has 2 aromatic heterocycles. The first-order valence-electron chi connectivity index (χ1n) is 9.60. The smallest absolute Gasteiger partial charge is 0.262 e. The van der Waals surface area contributed by atoms with Crippen LogP contribution in [0.3, 0.4) is 0 Å². The molecule has 0 aliphatic carbocycles. The van der Waals surface area contributed by atoms with Crippen LogP contribution in [0.25, 0.3) is 10.9 Å². The first kappa shape index (κ1) is 22.3. The number of hydrogen-bond donors (Lipinski definition) is 1. The number of benzene rings is 1. The highest BCUT2D eigenvalue weighted by Crippen LogP contribution is 2.21. The van der Waals surface area contributed by atoms with Gasteiger partial charge in [0.2, 0.25) is 5.91 Å². The number of carbonyl (C=O) groups excluding carboxylic acids is 1. The Morgan fingerprint density at radius 2 is 2.13 bits per heavy atom. The Hall–Kier alpha value is -2.36. The van der Waals surface area contributed by atoms with E-state index in [1.165, 1.54) is 11.8 Å². The number of halogens is 1. The summed E-state index contributed by atoms with van der Waals surface area (Å²) in [5, 5.41) is 8.51. The molecule has 0 aliphatic heterocycles. The number of nitrogens with one attached hydrogen (secondary N) is 1. The van der Waals surface area contributed by atoms with Crippen molar-refractivity contribution in [2.45, 2.75) is 32.0 Å². The van der Waals surface area contributed by atoms with Crippen molar-refractivity contribution >= 4 is 46.0 Å². The van der Waals surface area contributed by atoms with Crippen LogP contribution in [-0.4, -0.2) is 44.2 Å². The van der Waals surface area contributed by atoms with Gasteiger partial charge in [-0.25, -0.2) is 4.98 Å². The summed E-state index contributed by atoms with van der Waals surface area (Å²) in [6, 6.07) is 6.81. The summed E-state index contributed by atoms with van der Waals surface area (Å²) in [7, 11) is 1.76. The third-order valence-corrected chi connectivity index (χ3v) is 5.57. The zero-order valence-corrected chi connectivity index (χ0v) is 18.7. The summed E-state index contributed by atoms with van der Waals surface area (Å²) >= 11 is 7.28. The van der Waals surface area contributed by atoms with Gasteiger partial charge >= 0.3 is 0 Å². The summed E-state index contributed by atoms with van der Waals surface area (Å²) in [4.78, 5) is 30.1. The highest BCUT2D eigenvalue weighted by Gasteiger charge is 2.14. The van der Waals surface area contributed by atoms with E-state index in [2.05, 4.69) is 15.4 Å². The summed E-state index contributed by atoms with van der Waals surface area (Å²) in [6.45, 7) is 5.41. The summed E-state index contributed by atoms with van der Waals surface area (Å²) < 4.78 is 8.59. The minimum Gasteiger partial charge on any atom is -0.382 e. The molecule has 1 N–H and O–H groups in total. The first-order chi connectivity index (χ1) is 14.4. The van der Waals surface area contributed by atoms with E-state index in [1.807, 2.05) is 13.8 Å². The molecule has 0 fully saturated rings. The third-order valence-electron chi connectivity index (χ3n) is 4.36. The number of carbonyl (C=O) groups is 1. The topological polar surface area (TPSA) is 91.0 Å².